The minimum absolute atomic E-state index is 0.0325. The van der Waals surface area contributed by atoms with Crippen LogP contribution in [0.5, 0.6) is 0 Å². The summed E-state index contributed by atoms with van der Waals surface area (Å²) in [5.74, 6) is 0.989. The molecule has 0 saturated heterocycles. The quantitative estimate of drug-likeness (QED) is 0.589. The Bertz CT molecular complexity index is 1100. The topological polar surface area (TPSA) is 72.4 Å². The van der Waals surface area contributed by atoms with Crippen LogP contribution in [0, 0.1) is 13.8 Å². The number of hydrogen-bond donors (Lipinski definition) is 0. The molecular formula is C22H23N3O3S. The second-order valence-corrected chi connectivity index (χ2v) is 8.53. The van der Waals surface area contributed by atoms with Gasteiger partial charge in [-0.3, -0.25) is 4.79 Å². The number of aromatic nitrogens is 2. The molecule has 2 heterocycles. The van der Waals surface area contributed by atoms with Gasteiger partial charge in [0.15, 0.2) is 0 Å². The number of rotatable bonds is 5. The van der Waals surface area contributed by atoms with Crippen molar-refractivity contribution in [1.82, 2.24) is 14.9 Å². The van der Waals surface area contributed by atoms with Crippen molar-refractivity contribution in [2.45, 2.75) is 39.2 Å². The van der Waals surface area contributed by atoms with Crippen LogP contribution >= 0.6 is 11.3 Å². The first-order valence-electron chi connectivity index (χ1n) is 9.59. The van der Waals surface area contributed by atoms with E-state index < -0.39 is 0 Å². The van der Waals surface area contributed by atoms with Gasteiger partial charge >= 0.3 is 5.97 Å². The van der Waals surface area contributed by atoms with Gasteiger partial charge in [-0.1, -0.05) is 12.1 Å². The normalized spacial score (nSPS) is 13.5. The van der Waals surface area contributed by atoms with E-state index in [4.69, 9.17) is 9.72 Å². The first-order chi connectivity index (χ1) is 13.9. The summed E-state index contributed by atoms with van der Waals surface area (Å²) in [4.78, 5) is 37.4. The number of esters is 1. The second kappa shape index (κ2) is 7.55. The molecular weight excluding hydrogens is 386 g/mol. The predicted molar refractivity (Wildman–Crippen MR) is 112 cm³/mol. The summed E-state index contributed by atoms with van der Waals surface area (Å²) in [7, 11) is 3.14. The van der Waals surface area contributed by atoms with E-state index in [2.05, 4.69) is 4.98 Å². The number of methoxy groups -OCH3 is 1. The molecule has 0 unspecified atom stereocenters. The molecule has 29 heavy (non-hydrogen) atoms. The largest absolute Gasteiger partial charge is 0.465 e. The third-order valence-corrected chi connectivity index (χ3v) is 6.44. The number of aryl methyl sites for hydroxylation is 2. The summed E-state index contributed by atoms with van der Waals surface area (Å²) in [6.45, 7) is 4.42. The Kier molecular flexibility index (Phi) is 5.08. The minimum atomic E-state index is -0.371. The molecule has 1 saturated carbocycles. The fourth-order valence-corrected chi connectivity index (χ4v) is 4.70. The number of hydrogen-bond acceptors (Lipinski definition) is 6. The maximum absolute atomic E-state index is 13.1. The van der Waals surface area contributed by atoms with Gasteiger partial charge in [-0.25, -0.2) is 14.8 Å². The van der Waals surface area contributed by atoms with Crippen LogP contribution in [0.3, 0.4) is 0 Å². The van der Waals surface area contributed by atoms with E-state index in [1.807, 2.05) is 26.0 Å². The van der Waals surface area contributed by atoms with Crippen molar-refractivity contribution in [1.29, 1.82) is 0 Å². The van der Waals surface area contributed by atoms with Crippen LogP contribution in [-0.2, 0) is 11.3 Å². The smallest absolute Gasteiger partial charge is 0.337 e. The zero-order chi connectivity index (χ0) is 20.7. The van der Waals surface area contributed by atoms with Gasteiger partial charge in [0.2, 0.25) is 0 Å². The molecule has 1 aliphatic rings. The maximum Gasteiger partial charge on any atom is 0.337 e. The van der Waals surface area contributed by atoms with Gasteiger partial charge in [0.25, 0.3) is 5.91 Å². The number of benzene rings is 1. The summed E-state index contributed by atoms with van der Waals surface area (Å²) in [6, 6.07) is 7.10. The highest BCUT2D eigenvalue weighted by Gasteiger charge is 2.29. The molecule has 0 bridgehead atoms. The van der Waals surface area contributed by atoms with Crippen LogP contribution in [0.15, 0.2) is 24.3 Å². The Hall–Kier alpha value is -2.80. The lowest BCUT2D eigenvalue weighted by molar-refractivity contribution is 0.0600. The maximum atomic E-state index is 13.1. The highest BCUT2D eigenvalue weighted by Crippen LogP contribution is 2.40. The number of nitrogens with zero attached hydrogens (tertiary/aromatic N) is 3. The van der Waals surface area contributed by atoms with E-state index in [-0.39, 0.29) is 11.9 Å². The van der Waals surface area contributed by atoms with Crippen LogP contribution in [0.4, 0.5) is 0 Å². The molecule has 0 aliphatic heterocycles. The average molecular weight is 410 g/mol. The molecule has 1 aromatic carbocycles. The molecule has 1 fully saturated rings. The Labute approximate surface area is 173 Å². The van der Waals surface area contributed by atoms with Crippen molar-refractivity contribution < 1.29 is 14.3 Å². The molecule has 2 aromatic heterocycles. The fourth-order valence-electron chi connectivity index (χ4n) is 3.47. The van der Waals surface area contributed by atoms with Crippen molar-refractivity contribution in [2.75, 3.05) is 14.2 Å². The van der Waals surface area contributed by atoms with E-state index in [9.17, 15) is 9.59 Å². The number of fused-ring (bicyclic) bond motifs is 1. The van der Waals surface area contributed by atoms with Crippen LogP contribution in [0.2, 0.25) is 0 Å². The molecule has 1 amide bonds. The highest BCUT2D eigenvalue weighted by atomic mass is 32.1. The summed E-state index contributed by atoms with van der Waals surface area (Å²) < 4.78 is 4.72. The number of carbonyl (C=O) groups excluding carboxylic acids is 2. The zero-order valence-corrected chi connectivity index (χ0v) is 17.8. The van der Waals surface area contributed by atoms with Gasteiger partial charge < -0.3 is 9.64 Å². The van der Waals surface area contributed by atoms with Crippen molar-refractivity contribution in [3.05, 3.63) is 57.4 Å². The highest BCUT2D eigenvalue weighted by molar-refractivity contribution is 7.20. The lowest BCUT2D eigenvalue weighted by atomic mass is 10.1. The molecule has 4 rings (SSSR count). The zero-order valence-electron chi connectivity index (χ0n) is 17.0. The van der Waals surface area contributed by atoms with E-state index in [0.29, 0.717) is 22.9 Å². The second-order valence-electron chi connectivity index (χ2n) is 7.53. The molecule has 0 N–H and O–H groups in total. The number of carbonyl (C=O) groups is 2. The van der Waals surface area contributed by atoms with Gasteiger partial charge in [0.1, 0.15) is 10.7 Å². The van der Waals surface area contributed by atoms with Gasteiger partial charge in [-0.2, -0.15) is 0 Å². The Morgan fingerprint density at radius 1 is 1.17 bits per heavy atom. The molecule has 0 atom stereocenters. The Balaban J connectivity index is 1.57. The van der Waals surface area contributed by atoms with E-state index in [1.165, 1.54) is 18.4 Å². The molecule has 0 spiro atoms. The summed E-state index contributed by atoms with van der Waals surface area (Å²) >= 11 is 1.45. The van der Waals surface area contributed by atoms with Crippen molar-refractivity contribution in [3.63, 3.8) is 0 Å². The number of amides is 1. The molecule has 7 heteroatoms. The van der Waals surface area contributed by atoms with Gasteiger partial charge in [-0.15, -0.1) is 11.3 Å². The number of ether oxygens (including phenoxy) is 1. The average Bonchev–Trinajstić information content (AvgIpc) is 3.51. The standard InChI is InChI=1S/C22H23N3O3S/c1-12-17-13(2)23-19(15-9-10-15)24-20(17)29-18(12)21(26)25(3)11-14-5-7-16(8-6-14)22(27)28-4/h5-8,15H,9-11H2,1-4H3. The van der Waals surface area contributed by atoms with E-state index in [1.54, 1.807) is 24.1 Å². The van der Waals surface area contributed by atoms with Gasteiger partial charge in [0.05, 0.1) is 23.2 Å². The number of thiophene rings is 1. The van der Waals surface area contributed by atoms with E-state index >= 15 is 0 Å². The van der Waals surface area contributed by atoms with Crippen LogP contribution in [-0.4, -0.2) is 40.9 Å². The summed E-state index contributed by atoms with van der Waals surface area (Å²) in [5.41, 5.74) is 3.33. The molecule has 0 radical (unpaired) electrons. The van der Waals surface area contributed by atoms with Crippen LogP contribution in [0.25, 0.3) is 10.2 Å². The lowest BCUT2D eigenvalue weighted by Crippen LogP contribution is -2.26. The summed E-state index contributed by atoms with van der Waals surface area (Å²) in [5, 5.41) is 0.999. The third-order valence-electron chi connectivity index (χ3n) is 5.27. The fraction of sp³-hybridized carbons (Fsp3) is 0.364. The first kappa shape index (κ1) is 19.5. The van der Waals surface area contributed by atoms with Gasteiger partial charge in [-0.05, 0) is 49.9 Å². The SMILES string of the molecule is COC(=O)c1ccc(CN(C)C(=O)c2sc3nc(C4CC4)nc(C)c3c2C)cc1. The summed E-state index contributed by atoms with van der Waals surface area (Å²) in [6.07, 6.45) is 2.30. The van der Waals surface area contributed by atoms with Crippen molar-refractivity contribution >= 4 is 33.4 Å². The predicted octanol–water partition coefficient (Wildman–Crippen LogP) is 4.24. The Morgan fingerprint density at radius 2 is 1.86 bits per heavy atom. The molecule has 150 valence electrons. The molecule has 3 aromatic rings. The van der Waals surface area contributed by atoms with Crippen LogP contribution in [0.1, 0.15) is 61.4 Å². The lowest BCUT2D eigenvalue weighted by Gasteiger charge is -2.17. The van der Waals surface area contributed by atoms with Crippen molar-refractivity contribution in [2.24, 2.45) is 0 Å². The molecule has 1 aliphatic carbocycles. The van der Waals surface area contributed by atoms with Crippen molar-refractivity contribution in [3.8, 4) is 0 Å². The van der Waals surface area contributed by atoms with Crippen LogP contribution < -0.4 is 0 Å². The first-order valence-corrected chi connectivity index (χ1v) is 10.4. The van der Waals surface area contributed by atoms with Gasteiger partial charge in [0, 0.05) is 24.9 Å². The Morgan fingerprint density at radius 3 is 2.48 bits per heavy atom. The monoisotopic (exact) mass is 409 g/mol. The third kappa shape index (κ3) is 3.74. The molecule has 6 nitrogen and oxygen atoms in total. The van der Waals surface area contributed by atoms with E-state index in [0.717, 1.165) is 45.7 Å². The minimum Gasteiger partial charge on any atom is -0.465 e.